The maximum atomic E-state index is 12.3. The average Bonchev–Trinajstić information content (AvgIpc) is 2.68. The third-order valence-electron chi connectivity index (χ3n) is 3.03. The number of carbonyl (C=O) groups excluding carboxylic acids is 2. The molecule has 84 valence electrons. The summed E-state index contributed by atoms with van der Waals surface area (Å²) in [5.41, 5.74) is 2.45. The van der Waals surface area contributed by atoms with Crippen LogP contribution in [0.2, 0.25) is 0 Å². The van der Waals surface area contributed by atoms with Gasteiger partial charge in [-0.05, 0) is 12.5 Å². The van der Waals surface area contributed by atoms with E-state index in [0.717, 1.165) is 5.56 Å². The molecule has 2 aromatic rings. The van der Waals surface area contributed by atoms with Crippen LogP contribution in [0.5, 0.6) is 0 Å². The summed E-state index contributed by atoms with van der Waals surface area (Å²) in [6.07, 6.45) is 1.60. The number of fused-ring (bicyclic) bond motifs is 2. The first-order valence-corrected chi connectivity index (χ1v) is 5.32. The normalized spacial score (nSPS) is 13.5. The van der Waals surface area contributed by atoms with Gasteiger partial charge >= 0.3 is 0 Å². The average molecular weight is 226 g/mol. The van der Waals surface area contributed by atoms with Crippen molar-refractivity contribution in [2.45, 2.75) is 6.92 Å². The predicted molar refractivity (Wildman–Crippen MR) is 61.3 cm³/mol. The van der Waals surface area contributed by atoms with E-state index < -0.39 is 0 Å². The number of aryl methyl sites for hydroxylation is 2. The Morgan fingerprint density at radius 3 is 2.65 bits per heavy atom. The highest BCUT2D eigenvalue weighted by molar-refractivity contribution is 6.28. The third kappa shape index (κ3) is 1.21. The summed E-state index contributed by atoms with van der Waals surface area (Å²) in [5, 5.41) is 4.07. The van der Waals surface area contributed by atoms with Crippen molar-refractivity contribution in [2.24, 2.45) is 7.05 Å². The number of nitrogens with zero attached hydrogens (tertiary/aromatic N) is 2. The van der Waals surface area contributed by atoms with Crippen molar-refractivity contribution in [3.05, 3.63) is 52.3 Å². The maximum Gasteiger partial charge on any atom is 0.215 e. The van der Waals surface area contributed by atoms with Crippen LogP contribution in [0, 0.1) is 6.92 Å². The molecule has 0 saturated heterocycles. The molecule has 0 saturated carbocycles. The molecular weight excluding hydrogens is 216 g/mol. The number of benzene rings is 1. The van der Waals surface area contributed by atoms with Gasteiger partial charge in [-0.15, -0.1) is 0 Å². The van der Waals surface area contributed by atoms with Gasteiger partial charge in [-0.2, -0.15) is 5.10 Å². The molecule has 4 nitrogen and oxygen atoms in total. The molecule has 0 spiro atoms. The highest BCUT2D eigenvalue weighted by Gasteiger charge is 2.33. The molecule has 1 aliphatic carbocycles. The fourth-order valence-corrected chi connectivity index (χ4v) is 2.24. The second-order valence-electron chi connectivity index (χ2n) is 4.22. The van der Waals surface area contributed by atoms with Crippen LogP contribution in [0.25, 0.3) is 0 Å². The molecule has 3 rings (SSSR count). The lowest BCUT2D eigenvalue weighted by Crippen LogP contribution is -2.21. The molecule has 17 heavy (non-hydrogen) atoms. The van der Waals surface area contributed by atoms with Crippen LogP contribution in [0.15, 0.2) is 24.4 Å². The number of hydrogen-bond acceptors (Lipinski definition) is 3. The number of ketones is 2. The van der Waals surface area contributed by atoms with Crippen LogP contribution in [0.3, 0.4) is 0 Å². The quantitative estimate of drug-likeness (QED) is 0.583. The largest absolute Gasteiger partial charge is 0.288 e. The van der Waals surface area contributed by atoms with Gasteiger partial charge in [-0.1, -0.05) is 18.2 Å². The monoisotopic (exact) mass is 226 g/mol. The lowest BCUT2D eigenvalue weighted by Gasteiger charge is -2.14. The molecule has 1 aromatic heterocycles. The summed E-state index contributed by atoms with van der Waals surface area (Å²) in [6, 6.07) is 5.32. The zero-order valence-electron chi connectivity index (χ0n) is 9.52. The van der Waals surface area contributed by atoms with Crippen molar-refractivity contribution >= 4 is 11.6 Å². The lowest BCUT2D eigenvalue weighted by atomic mass is 9.86. The highest BCUT2D eigenvalue weighted by Crippen LogP contribution is 2.28. The van der Waals surface area contributed by atoms with E-state index in [1.54, 1.807) is 25.4 Å². The number of hydrogen-bond donors (Lipinski definition) is 0. The predicted octanol–water partition coefficient (Wildman–Crippen LogP) is 1.50. The zero-order chi connectivity index (χ0) is 12.2. The maximum absolute atomic E-state index is 12.3. The Bertz CT molecular complexity index is 668. The molecule has 0 atom stereocenters. The summed E-state index contributed by atoms with van der Waals surface area (Å²) in [6.45, 7) is 1.83. The smallest absolute Gasteiger partial charge is 0.215 e. The van der Waals surface area contributed by atoms with Gasteiger partial charge in [0.1, 0.15) is 5.69 Å². The van der Waals surface area contributed by atoms with Crippen molar-refractivity contribution in [3.8, 4) is 0 Å². The van der Waals surface area contributed by atoms with E-state index in [1.807, 2.05) is 13.0 Å². The number of carbonyl (C=O) groups is 2. The zero-order valence-corrected chi connectivity index (χ0v) is 9.52. The van der Waals surface area contributed by atoms with Gasteiger partial charge in [0.05, 0.1) is 5.56 Å². The second-order valence-corrected chi connectivity index (χ2v) is 4.22. The molecule has 1 aliphatic rings. The second kappa shape index (κ2) is 3.13. The fourth-order valence-electron chi connectivity index (χ4n) is 2.24. The minimum absolute atomic E-state index is 0.119. The Labute approximate surface area is 97.9 Å². The van der Waals surface area contributed by atoms with Crippen LogP contribution in [-0.2, 0) is 7.05 Å². The Morgan fingerprint density at radius 1 is 1.12 bits per heavy atom. The van der Waals surface area contributed by atoms with Gasteiger partial charge in [-0.3, -0.25) is 14.3 Å². The van der Waals surface area contributed by atoms with E-state index in [4.69, 9.17) is 0 Å². The minimum Gasteiger partial charge on any atom is -0.288 e. The van der Waals surface area contributed by atoms with Crippen molar-refractivity contribution in [1.82, 2.24) is 9.78 Å². The molecule has 0 unspecified atom stereocenters. The third-order valence-corrected chi connectivity index (χ3v) is 3.03. The Kier molecular flexibility index (Phi) is 1.84. The van der Waals surface area contributed by atoms with Gasteiger partial charge < -0.3 is 0 Å². The molecule has 0 aliphatic heterocycles. The molecule has 1 heterocycles. The first kappa shape index (κ1) is 9.96. The Balaban J connectivity index is 2.36. The summed E-state index contributed by atoms with van der Waals surface area (Å²) in [5.74, 6) is -0.278. The summed E-state index contributed by atoms with van der Waals surface area (Å²) >= 11 is 0. The van der Waals surface area contributed by atoms with Gasteiger partial charge in [-0.25, -0.2) is 0 Å². The van der Waals surface area contributed by atoms with Crippen molar-refractivity contribution in [3.63, 3.8) is 0 Å². The van der Waals surface area contributed by atoms with Crippen LogP contribution in [0.4, 0.5) is 0 Å². The highest BCUT2D eigenvalue weighted by atomic mass is 16.1. The van der Waals surface area contributed by atoms with E-state index in [2.05, 4.69) is 5.10 Å². The Morgan fingerprint density at radius 2 is 1.88 bits per heavy atom. The van der Waals surface area contributed by atoms with E-state index in [1.165, 1.54) is 4.68 Å². The van der Waals surface area contributed by atoms with Crippen LogP contribution in [0.1, 0.15) is 37.5 Å². The standard InChI is InChI=1S/C13H10N2O2/c1-7-4-3-5-8-10(7)13(17)11-9(12(8)16)6-15(2)14-11/h3-6H,1-2H3. The molecule has 0 radical (unpaired) electrons. The minimum atomic E-state index is -0.159. The topological polar surface area (TPSA) is 52.0 Å². The first-order chi connectivity index (χ1) is 8.09. The van der Waals surface area contributed by atoms with Crippen molar-refractivity contribution in [2.75, 3.05) is 0 Å². The van der Waals surface area contributed by atoms with E-state index >= 15 is 0 Å². The summed E-state index contributed by atoms with van der Waals surface area (Å²) in [7, 11) is 1.70. The molecule has 0 fully saturated rings. The fraction of sp³-hybridized carbons (Fsp3) is 0.154. The van der Waals surface area contributed by atoms with Gasteiger partial charge in [0.25, 0.3) is 0 Å². The number of rotatable bonds is 0. The SMILES string of the molecule is Cc1cccc2c1C(=O)c1nn(C)cc1C2=O. The molecule has 0 bridgehead atoms. The Hall–Kier alpha value is -2.23. The van der Waals surface area contributed by atoms with Crippen molar-refractivity contribution in [1.29, 1.82) is 0 Å². The molecule has 1 aromatic carbocycles. The van der Waals surface area contributed by atoms with Gasteiger partial charge in [0.2, 0.25) is 5.78 Å². The van der Waals surface area contributed by atoms with E-state index in [-0.39, 0.29) is 17.3 Å². The van der Waals surface area contributed by atoms with E-state index in [9.17, 15) is 9.59 Å². The molecule has 0 amide bonds. The molecule has 4 heteroatoms. The van der Waals surface area contributed by atoms with Gasteiger partial charge in [0.15, 0.2) is 5.78 Å². The van der Waals surface area contributed by atoms with Crippen LogP contribution >= 0.6 is 0 Å². The summed E-state index contributed by atoms with van der Waals surface area (Å²) < 4.78 is 1.50. The summed E-state index contributed by atoms with van der Waals surface area (Å²) in [4.78, 5) is 24.5. The van der Waals surface area contributed by atoms with Crippen LogP contribution < -0.4 is 0 Å². The molecular formula is C13H10N2O2. The van der Waals surface area contributed by atoms with Crippen LogP contribution in [-0.4, -0.2) is 21.3 Å². The lowest BCUT2D eigenvalue weighted by molar-refractivity contribution is 0.0976. The van der Waals surface area contributed by atoms with Crippen molar-refractivity contribution < 1.29 is 9.59 Å². The molecule has 0 N–H and O–H groups in total. The first-order valence-electron chi connectivity index (χ1n) is 5.32. The van der Waals surface area contributed by atoms with Gasteiger partial charge in [0, 0.05) is 24.4 Å². The van der Waals surface area contributed by atoms with E-state index in [0.29, 0.717) is 16.7 Å². The number of aromatic nitrogens is 2.